The quantitative estimate of drug-likeness (QED) is 0.818. The molecular weight excluding hydrogens is 232 g/mol. The van der Waals surface area contributed by atoms with E-state index in [4.69, 9.17) is 0 Å². The maximum Gasteiger partial charge on any atom is 0.0450 e. The molecule has 1 aliphatic carbocycles. The molecule has 0 radical (unpaired) electrons. The lowest BCUT2D eigenvalue weighted by Gasteiger charge is -2.44. The van der Waals surface area contributed by atoms with E-state index in [2.05, 4.69) is 59.6 Å². The van der Waals surface area contributed by atoms with Gasteiger partial charge in [0, 0.05) is 31.2 Å². The van der Waals surface area contributed by atoms with Crippen LogP contribution in [0, 0.1) is 0 Å². The second-order valence-corrected chi connectivity index (χ2v) is 5.86. The zero-order valence-electron chi connectivity index (χ0n) is 11.8. The van der Waals surface area contributed by atoms with Crippen LogP contribution in [0.4, 0.5) is 0 Å². The van der Waals surface area contributed by atoms with E-state index in [0.717, 1.165) is 19.1 Å². The average Bonchev–Trinajstić information content (AvgIpc) is 2.49. The zero-order chi connectivity index (χ0) is 13.1. The molecule has 2 nitrogen and oxygen atoms in total. The van der Waals surface area contributed by atoms with Crippen molar-refractivity contribution in [1.29, 1.82) is 0 Å². The summed E-state index contributed by atoms with van der Waals surface area (Å²) in [7, 11) is 0. The minimum atomic E-state index is 0.489. The molecule has 3 rings (SSSR count). The predicted octanol–water partition coefficient (Wildman–Crippen LogP) is 3.13. The minimum absolute atomic E-state index is 0.489. The maximum atomic E-state index is 3.69. The van der Waals surface area contributed by atoms with Crippen molar-refractivity contribution < 1.29 is 0 Å². The fourth-order valence-electron chi connectivity index (χ4n) is 3.38. The molecule has 0 amide bonds. The van der Waals surface area contributed by atoms with Crippen molar-refractivity contribution in [2.24, 2.45) is 0 Å². The van der Waals surface area contributed by atoms with Gasteiger partial charge in [0.2, 0.25) is 0 Å². The molecule has 1 aromatic rings. The molecule has 0 aromatic heterocycles. The Bertz CT molecular complexity index is 426. The number of piperazine rings is 1. The van der Waals surface area contributed by atoms with Crippen LogP contribution in [0.5, 0.6) is 0 Å². The summed E-state index contributed by atoms with van der Waals surface area (Å²) in [5, 5.41) is 3.69. The van der Waals surface area contributed by atoms with Gasteiger partial charge in [-0.3, -0.25) is 4.90 Å². The highest BCUT2D eigenvalue weighted by Gasteiger charge is 2.30. The minimum Gasteiger partial charge on any atom is -0.307 e. The van der Waals surface area contributed by atoms with Crippen LogP contribution in [0.2, 0.25) is 0 Å². The topological polar surface area (TPSA) is 15.3 Å². The Morgan fingerprint density at radius 3 is 2.74 bits per heavy atom. The highest BCUT2D eigenvalue weighted by Crippen LogP contribution is 2.26. The smallest absolute Gasteiger partial charge is 0.0450 e. The highest BCUT2D eigenvalue weighted by atomic mass is 15.2. The van der Waals surface area contributed by atoms with Crippen molar-refractivity contribution in [2.45, 2.75) is 44.3 Å². The van der Waals surface area contributed by atoms with E-state index in [1.807, 2.05) is 0 Å². The summed E-state index contributed by atoms with van der Waals surface area (Å²) in [5.74, 6) is 0. The van der Waals surface area contributed by atoms with E-state index in [1.54, 1.807) is 0 Å². The van der Waals surface area contributed by atoms with Crippen LogP contribution in [0.25, 0.3) is 0 Å². The van der Waals surface area contributed by atoms with Gasteiger partial charge in [0.25, 0.3) is 0 Å². The normalized spacial score (nSPS) is 32.4. The first kappa shape index (κ1) is 12.9. The molecule has 1 heterocycles. The molecule has 3 atom stereocenters. The first-order valence-electron chi connectivity index (χ1n) is 7.53. The van der Waals surface area contributed by atoms with Crippen LogP contribution in [0.1, 0.15) is 37.8 Å². The number of benzene rings is 1. The molecule has 0 spiro atoms. The first-order valence-corrected chi connectivity index (χ1v) is 7.53. The van der Waals surface area contributed by atoms with E-state index < -0.39 is 0 Å². The number of rotatable bonds is 2. The highest BCUT2D eigenvalue weighted by molar-refractivity contribution is 5.20. The number of hydrogen-bond donors (Lipinski definition) is 1. The van der Waals surface area contributed by atoms with Gasteiger partial charge >= 0.3 is 0 Å². The Morgan fingerprint density at radius 2 is 2.00 bits per heavy atom. The van der Waals surface area contributed by atoms with Crippen molar-refractivity contribution in [3.8, 4) is 0 Å². The van der Waals surface area contributed by atoms with Crippen LogP contribution >= 0.6 is 0 Å². The SMILES string of the molecule is CC1CNC(c2ccccc2)CN1C1CC=CCC1. The average molecular weight is 256 g/mol. The van der Waals surface area contributed by atoms with E-state index in [0.29, 0.717) is 12.1 Å². The molecule has 1 N–H and O–H groups in total. The van der Waals surface area contributed by atoms with Crippen LogP contribution in [-0.4, -0.2) is 30.1 Å². The van der Waals surface area contributed by atoms with Gasteiger partial charge in [-0.15, -0.1) is 0 Å². The van der Waals surface area contributed by atoms with Gasteiger partial charge in [0.1, 0.15) is 0 Å². The summed E-state index contributed by atoms with van der Waals surface area (Å²) < 4.78 is 0. The fourth-order valence-corrected chi connectivity index (χ4v) is 3.38. The molecule has 1 aliphatic heterocycles. The van der Waals surface area contributed by atoms with E-state index in [-0.39, 0.29) is 0 Å². The predicted molar refractivity (Wildman–Crippen MR) is 80.1 cm³/mol. The van der Waals surface area contributed by atoms with E-state index in [9.17, 15) is 0 Å². The molecule has 1 saturated heterocycles. The molecule has 3 unspecified atom stereocenters. The Hall–Kier alpha value is -1.12. The Balaban J connectivity index is 1.72. The third-order valence-corrected chi connectivity index (χ3v) is 4.53. The van der Waals surface area contributed by atoms with Crippen molar-refractivity contribution >= 4 is 0 Å². The molecule has 102 valence electrons. The maximum absolute atomic E-state index is 3.69. The summed E-state index contributed by atoms with van der Waals surface area (Å²) in [6, 6.07) is 12.7. The van der Waals surface area contributed by atoms with Gasteiger partial charge in [0.15, 0.2) is 0 Å². The van der Waals surface area contributed by atoms with Gasteiger partial charge < -0.3 is 5.32 Å². The second-order valence-electron chi connectivity index (χ2n) is 5.86. The number of nitrogens with one attached hydrogen (secondary N) is 1. The Labute approximate surface area is 116 Å². The summed E-state index contributed by atoms with van der Waals surface area (Å²) in [5.41, 5.74) is 1.42. The van der Waals surface area contributed by atoms with Crippen molar-refractivity contribution in [3.05, 3.63) is 48.0 Å². The lowest BCUT2D eigenvalue weighted by Crippen LogP contribution is -2.55. The molecule has 1 fully saturated rings. The van der Waals surface area contributed by atoms with E-state index >= 15 is 0 Å². The Kier molecular flexibility index (Phi) is 4.00. The van der Waals surface area contributed by atoms with Crippen LogP contribution < -0.4 is 5.32 Å². The van der Waals surface area contributed by atoms with Crippen molar-refractivity contribution in [1.82, 2.24) is 10.2 Å². The molecule has 19 heavy (non-hydrogen) atoms. The molecular formula is C17H24N2. The van der Waals surface area contributed by atoms with Gasteiger partial charge in [-0.25, -0.2) is 0 Å². The molecule has 0 saturated carbocycles. The summed E-state index contributed by atoms with van der Waals surface area (Å²) in [4.78, 5) is 2.72. The van der Waals surface area contributed by atoms with Crippen molar-refractivity contribution in [2.75, 3.05) is 13.1 Å². The van der Waals surface area contributed by atoms with Gasteiger partial charge in [-0.05, 0) is 31.7 Å². The lowest BCUT2D eigenvalue weighted by molar-refractivity contribution is 0.0851. The largest absolute Gasteiger partial charge is 0.307 e. The standard InChI is InChI=1S/C17H24N2/c1-14-12-18-17(15-8-4-2-5-9-15)13-19(14)16-10-6-3-7-11-16/h2-6,8-9,14,16-18H,7,10-13H2,1H3. The van der Waals surface area contributed by atoms with E-state index in [1.165, 1.54) is 24.8 Å². The third kappa shape index (κ3) is 2.90. The summed E-state index contributed by atoms with van der Waals surface area (Å²) in [6.45, 7) is 4.59. The Morgan fingerprint density at radius 1 is 1.16 bits per heavy atom. The lowest BCUT2D eigenvalue weighted by atomic mass is 9.95. The van der Waals surface area contributed by atoms with Gasteiger partial charge in [0.05, 0.1) is 0 Å². The monoisotopic (exact) mass is 256 g/mol. The van der Waals surface area contributed by atoms with Gasteiger partial charge in [-0.2, -0.15) is 0 Å². The first-order chi connectivity index (χ1) is 9.34. The molecule has 1 aromatic carbocycles. The third-order valence-electron chi connectivity index (χ3n) is 4.53. The molecule has 0 bridgehead atoms. The molecule has 2 heteroatoms. The summed E-state index contributed by atoms with van der Waals surface area (Å²) >= 11 is 0. The van der Waals surface area contributed by atoms with Crippen LogP contribution in [0.3, 0.4) is 0 Å². The number of hydrogen-bond acceptors (Lipinski definition) is 2. The molecule has 2 aliphatic rings. The second kappa shape index (κ2) is 5.89. The van der Waals surface area contributed by atoms with Gasteiger partial charge in [-0.1, -0.05) is 42.5 Å². The van der Waals surface area contributed by atoms with Crippen LogP contribution in [0.15, 0.2) is 42.5 Å². The summed E-state index contributed by atoms with van der Waals surface area (Å²) in [6.07, 6.45) is 8.49. The zero-order valence-corrected chi connectivity index (χ0v) is 11.8. The number of allylic oxidation sites excluding steroid dienone is 1. The van der Waals surface area contributed by atoms with Crippen LogP contribution in [-0.2, 0) is 0 Å². The van der Waals surface area contributed by atoms with Crippen molar-refractivity contribution in [3.63, 3.8) is 0 Å². The number of nitrogens with zero attached hydrogens (tertiary/aromatic N) is 1. The fraction of sp³-hybridized carbons (Fsp3) is 0.529.